The van der Waals surface area contributed by atoms with Crippen LogP contribution in [-0.2, 0) is 9.59 Å². The van der Waals surface area contributed by atoms with Gasteiger partial charge < -0.3 is 10.4 Å². The summed E-state index contributed by atoms with van der Waals surface area (Å²) in [4.78, 5) is 33.4. The molecule has 8 heteroatoms. The highest BCUT2D eigenvalue weighted by molar-refractivity contribution is 6.33. The van der Waals surface area contributed by atoms with Gasteiger partial charge in [0.15, 0.2) is 0 Å². The second kappa shape index (κ2) is 6.09. The van der Waals surface area contributed by atoms with Crippen molar-refractivity contribution in [3.05, 3.63) is 33.3 Å². The number of carbonyl (C=O) groups is 2. The number of carboxylic acid groups (broad SMARTS) is 1. The molecule has 0 spiro atoms. The van der Waals surface area contributed by atoms with E-state index in [1.807, 2.05) is 0 Å². The number of nitrogens with one attached hydrogen (secondary N) is 1. The zero-order valence-electron chi connectivity index (χ0n) is 10.9. The zero-order chi connectivity index (χ0) is 15.6. The molecule has 0 unspecified atom stereocenters. The van der Waals surface area contributed by atoms with Gasteiger partial charge in [-0.25, -0.2) is 0 Å². The highest BCUT2D eigenvalue weighted by Crippen LogP contribution is 2.34. The van der Waals surface area contributed by atoms with Gasteiger partial charge in [-0.2, -0.15) is 0 Å². The molecule has 1 saturated carbocycles. The summed E-state index contributed by atoms with van der Waals surface area (Å²) in [5.41, 5.74) is -0.0807. The Labute approximate surface area is 125 Å². The van der Waals surface area contributed by atoms with Crippen LogP contribution in [0.1, 0.15) is 19.3 Å². The Hall–Kier alpha value is -2.15. The Bertz CT molecular complexity index is 604. The summed E-state index contributed by atoms with van der Waals surface area (Å²) in [6, 6.07) is 3.71. The zero-order valence-corrected chi connectivity index (χ0v) is 11.7. The molecule has 1 aliphatic rings. The third kappa shape index (κ3) is 3.30. The Morgan fingerprint density at radius 2 is 2.00 bits per heavy atom. The number of nitro groups is 1. The molecule has 2 N–H and O–H groups in total. The second-order valence-corrected chi connectivity index (χ2v) is 5.30. The van der Waals surface area contributed by atoms with E-state index in [0.717, 1.165) is 6.07 Å². The van der Waals surface area contributed by atoms with Crippen molar-refractivity contribution in [3.8, 4) is 0 Å². The maximum atomic E-state index is 12.2. The van der Waals surface area contributed by atoms with Gasteiger partial charge in [0.05, 0.1) is 27.5 Å². The van der Waals surface area contributed by atoms with Crippen molar-refractivity contribution in [2.45, 2.75) is 19.3 Å². The van der Waals surface area contributed by atoms with Crippen LogP contribution in [0.15, 0.2) is 18.2 Å². The maximum absolute atomic E-state index is 12.2. The lowest BCUT2D eigenvalue weighted by atomic mass is 9.95. The number of anilines is 1. The third-order valence-corrected chi connectivity index (χ3v) is 3.92. The first-order chi connectivity index (χ1) is 9.90. The molecule has 0 aromatic heterocycles. The lowest BCUT2D eigenvalue weighted by Gasteiger charge is -2.16. The smallest absolute Gasteiger partial charge is 0.307 e. The molecule has 112 valence electrons. The van der Waals surface area contributed by atoms with Crippen molar-refractivity contribution in [1.82, 2.24) is 0 Å². The van der Waals surface area contributed by atoms with Crippen molar-refractivity contribution < 1.29 is 19.6 Å². The molecule has 21 heavy (non-hydrogen) atoms. The van der Waals surface area contributed by atoms with Crippen LogP contribution in [0.3, 0.4) is 0 Å². The van der Waals surface area contributed by atoms with Crippen LogP contribution in [0.2, 0.25) is 5.02 Å². The summed E-state index contributed by atoms with van der Waals surface area (Å²) in [6.07, 6.45) is 1.60. The lowest BCUT2D eigenvalue weighted by Crippen LogP contribution is -2.30. The molecule has 2 atom stereocenters. The van der Waals surface area contributed by atoms with E-state index in [0.29, 0.717) is 19.3 Å². The first-order valence-electron chi connectivity index (χ1n) is 6.37. The minimum absolute atomic E-state index is 0.118. The summed E-state index contributed by atoms with van der Waals surface area (Å²) < 4.78 is 0. The third-order valence-electron chi connectivity index (χ3n) is 3.59. The fourth-order valence-electron chi connectivity index (χ4n) is 2.52. The molecule has 7 nitrogen and oxygen atoms in total. The number of non-ortho nitro benzene ring substituents is 1. The quantitative estimate of drug-likeness (QED) is 0.656. The van der Waals surface area contributed by atoms with Gasteiger partial charge in [-0.3, -0.25) is 19.7 Å². The summed E-state index contributed by atoms with van der Waals surface area (Å²) in [5.74, 6) is -2.83. The van der Waals surface area contributed by atoms with Gasteiger partial charge in [-0.05, 0) is 18.9 Å². The molecular weight excluding hydrogens is 300 g/mol. The first kappa shape index (κ1) is 15.2. The van der Waals surface area contributed by atoms with Crippen LogP contribution in [0, 0.1) is 22.0 Å². The van der Waals surface area contributed by atoms with Gasteiger partial charge in [0.2, 0.25) is 5.91 Å². The molecular formula is C13H13ClN2O5. The van der Waals surface area contributed by atoms with E-state index in [4.69, 9.17) is 16.7 Å². The van der Waals surface area contributed by atoms with E-state index in [1.165, 1.54) is 12.1 Å². The minimum Gasteiger partial charge on any atom is -0.481 e. The summed E-state index contributed by atoms with van der Waals surface area (Å²) in [7, 11) is 0. The summed E-state index contributed by atoms with van der Waals surface area (Å²) in [6.45, 7) is 0. The van der Waals surface area contributed by atoms with E-state index in [1.54, 1.807) is 0 Å². The Morgan fingerprint density at radius 3 is 2.62 bits per heavy atom. The van der Waals surface area contributed by atoms with Crippen LogP contribution in [-0.4, -0.2) is 21.9 Å². The number of aliphatic carboxylic acids is 1. The number of rotatable bonds is 4. The molecule has 2 rings (SSSR count). The minimum atomic E-state index is -1.00. The molecule has 0 aliphatic heterocycles. The molecule has 0 radical (unpaired) electrons. The van der Waals surface area contributed by atoms with Crippen molar-refractivity contribution in [1.29, 1.82) is 0 Å². The fourth-order valence-corrected chi connectivity index (χ4v) is 2.68. The number of carboxylic acids is 1. The van der Waals surface area contributed by atoms with Crippen molar-refractivity contribution in [3.63, 3.8) is 0 Å². The van der Waals surface area contributed by atoms with E-state index in [9.17, 15) is 19.7 Å². The summed E-state index contributed by atoms with van der Waals surface area (Å²) >= 11 is 5.90. The largest absolute Gasteiger partial charge is 0.481 e. The number of amides is 1. The molecule has 1 amide bonds. The van der Waals surface area contributed by atoms with Gasteiger partial charge in [-0.1, -0.05) is 18.0 Å². The topological polar surface area (TPSA) is 110 Å². The van der Waals surface area contributed by atoms with E-state index >= 15 is 0 Å². The Balaban J connectivity index is 2.18. The van der Waals surface area contributed by atoms with Crippen LogP contribution in [0.25, 0.3) is 0 Å². The Kier molecular flexibility index (Phi) is 4.42. The van der Waals surface area contributed by atoms with E-state index in [-0.39, 0.29) is 16.4 Å². The van der Waals surface area contributed by atoms with Crippen molar-refractivity contribution in [2.75, 3.05) is 5.32 Å². The normalized spacial score (nSPS) is 21.0. The van der Waals surface area contributed by atoms with Gasteiger partial charge in [-0.15, -0.1) is 0 Å². The van der Waals surface area contributed by atoms with Crippen LogP contribution >= 0.6 is 11.6 Å². The van der Waals surface area contributed by atoms with Crippen molar-refractivity contribution in [2.24, 2.45) is 11.8 Å². The fraction of sp³-hybridized carbons (Fsp3) is 0.385. The van der Waals surface area contributed by atoms with Crippen LogP contribution in [0.4, 0.5) is 11.4 Å². The van der Waals surface area contributed by atoms with Crippen LogP contribution in [0.5, 0.6) is 0 Å². The number of halogens is 1. The SMILES string of the molecule is O=C(O)[C@H]1CCC[C@H]1C(=O)Nc1cc([N+](=O)[O-])ccc1Cl. The maximum Gasteiger partial charge on any atom is 0.307 e. The highest BCUT2D eigenvalue weighted by Gasteiger charge is 2.37. The number of hydrogen-bond donors (Lipinski definition) is 2. The molecule has 1 aliphatic carbocycles. The van der Waals surface area contributed by atoms with Crippen molar-refractivity contribution >= 4 is 34.9 Å². The van der Waals surface area contributed by atoms with Gasteiger partial charge in [0, 0.05) is 12.1 Å². The standard InChI is InChI=1S/C13H13ClN2O5/c14-10-5-4-7(16(20)21)6-11(10)15-12(17)8-2-1-3-9(8)13(18)19/h4-6,8-9H,1-3H2,(H,15,17)(H,18,19)/t8-,9+/m1/s1. The van der Waals surface area contributed by atoms with Gasteiger partial charge >= 0.3 is 5.97 Å². The predicted octanol–water partition coefficient (Wildman–Crippen LogP) is 2.69. The number of nitro benzene ring substituents is 1. The van der Waals surface area contributed by atoms with Crippen LogP contribution < -0.4 is 5.32 Å². The lowest BCUT2D eigenvalue weighted by molar-refractivity contribution is -0.384. The number of carbonyl (C=O) groups excluding carboxylic acids is 1. The molecule has 1 fully saturated rings. The molecule has 1 aromatic rings. The average molecular weight is 313 g/mol. The van der Waals surface area contributed by atoms with E-state index in [2.05, 4.69) is 5.32 Å². The molecule has 0 heterocycles. The predicted molar refractivity (Wildman–Crippen MR) is 75.2 cm³/mol. The number of benzene rings is 1. The van der Waals surface area contributed by atoms with E-state index < -0.39 is 28.6 Å². The molecule has 0 bridgehead atoms. The average Bonchev–Trinajstić information content (AvgIpc) is 2.90. The second-order valence-electron chi connectivity index (χ2n) is 4.89. The Morgan fingerprint density at radius 1 is 1.33 bits per heavy atom. The summed E-state index contributed by atoms with van der Waals surface area (Å²) in [5, 5.41) is 22.5. The monoisotopic (exact) mass is 312 g/mol. The number of nitrogens with zero attached hydrogens (tertiary/aromatic N) is 1. The molecule has 0 saturated heterocycles. The van der Waals surface area contributed by atoms with Gasteiger partial charge in [0.25, 0.3) is 5.69 Å². The highest BCUT2D eigenvalue weighted by atomic mass is 35.5. The van der Waals surface area contributed by atoms with Gasteiger partial charge in [0.1, 0.15) is 0 Å². The molecule has 1 aromatic carbocycles. The number of hydrogen-bond acceptors (Lipinski definition) is 4. The first-order valence-corrected chi connectivity index (χ1v) is 6.75.